The Morgan fingerprint density at radius 2 is 1.48 bits per heavy atom. The van der Waals surface area contributed by atoms with Gasteiger partial charge in [-0.05, 0) is 43.4 Å². The number of likely N-dealkylation sites (tertiary alicyclic amines) is 1. The molecule has 0 saturated carbocycles. The van der Waals surface area contributed by atoms with Crippen molar-refractivity contribution in [2.75, 3.05) is 18.0 Å². The molecule has 3 heteroatoms. The zero-order valence-electron chi connectivity index (χ0n) is 14.7. The summed E-state index contributed by atoms with van der Waals surface area (Å²) in [5, 5.41) is 0. The number of hydrogen-bond acceptors (Lipinski definition) is 2. The predicted octanol–water partition coefficient (Wildman–Crippen LogP) is 4.24. The normalized spacial score (nSPS) is 20.8. The summed E-state index contributed by atoms with van der Waals surface area (Å²) in [4.78, 5) is 17.4. The van der Waals surface area contributed by atoms with E-state index in [1.807, 2.05) is 18.2 Å². The van der Waals surface area contributed by atoms with Crippen molar-refractivity contribution < 1.29 is 4.79 Å². The second-order valence-corrected chi connectivity index (χ2v) is 7.40. The van der Waals surface area contributed by atoms with E-state index in [9.17, 15) is 4.79 Å². The molecule has 0 aromatic heterocycles. The number of hydrogen-bond donors (Lipinski definition) is 0. The molecule has 0 N–H and O–H groups in total. The Balaban J connectivity index is 1.50. The van der Waals surface area contributed by atoms with Gasteiger partial charge in [0.1, 0.15) is 0 Å². The maximum absolute atomic E-state index is 12.8. The van der Waals surface area contributed by atoms with Crippen LogP contribution in [0, 0.1) is 0 Å². The monoisotopic (exact) mass is 334 g/mol. The largest absolute Gasteiger partial charge is 0.306 e. The van der Waals surface area contributed by atoms with Crippen molar-refractivity contribution in [1.29, 1.82) is 0 Å². The maximum atomic E-state index is 12.8. The maximum Gasteiger partial charge on any atom is 0.227 e. The zero-order valence-corrected chi connectivity index (χ0v) is 14.7. The highest BCUT2D eigenvalue weighted by atomic mass is 16.2. The molecule has 4 rings (SSSR count). The summed E-state index contributed by atoms with van der Waals surface area (Å²) < 4.78 is 0. The van der Waals surface area contributed by atoms with Gasteiger partial charge in [-0.15, -0.1) is 0 Å². The highest BCUT2D eigenvalue weighted by Crippen LogP contribution is 2.41. The number of carbonyl (C=O) groups is 1. The lowest BCUT2D eigenvalue weighted by molar-refractivity contribution is -0.122. The van der Waals surface area contributed by atoms with Gasteiger partial charge in [-0.3, -0.25) is 9.69 Å². The van der Waals surface area contributed by atoms with Crippen LogP contribution in [-0.2, 0) is 11.3 Å². The third kappa shape index (κ3) is 3.34. The van der Waals surface area contributed by atoms with E-state index in [0.29, 0.717) is 12.3 Å². The van der Waals surface area contributed by atoms with Gasteiger partial charge >= 0.3 is 0 Å². The minimum atomic E-state index is 0.0177. The van der Waals surface area contributed by atoms with Gasteiger partial charge < -0.3 is 4.90 Å². The average molecular weight is 334 g/mol. The van der Waals surface area contributed by atoms with Gasteiger partial charge in [0.2, 0.25) is 5.91 Å². The van der Waals surface area contributed by atoms with E-state index in [1.54, 1.807) is 0 Å². The number of carbonyl (C=O) groups excluding carboxylic acids is 1. The third-order valence-corrected chi connectivity index (χ3v) is 5.81. The molecular formula is C22H26N2O. The summed E-state index contributed by atoms with van der Waals surface area (Å²) in [7, 11) is 0. The van der Waals surface area contributed by atoms with Crippen molar-refractivity contribution in [1.82, 2.24) is 4.90 Å². The fourth-order valence-corrected chi connectivity index (χ4v) is 4.49. The molecule has 0 radical (unpaired) electrons. The first kappa shape index (κ1) is 16.3. The fourth-order valence-electron chi connectivity index (χ4n) is 4.49. The first-order valence-corrected chi connectivity index (χ1v) is 9.41. The molecule has 2 aromatic rings. The van der Waals surface area contributed by atoms with Crippen molar-refractivity contribution in [2.24, 2.45) is 0 Å². The van der Waals surface area contributed by atoms with Crippen LogP contribution in [0.4, 0.5) is 5.69 Å². The molecule has 2 aromatic carbocycles. The number of rotatable bonds is 3. The summed E-state index contributed by atoms with van der Waals surface area (Å²) in [5.74, 6) is 0.300. The molecule has 25 heavy (non-hydrogen) atoms. The first-order valence-electron chi connectivity index (χ1n) is 9.41. The Kier molecular flexibility index (Phi) is 4.58. The number of benzene rings is 2. The molecule has 1 spiro atoms. The van der Waals surface area contributed by atoms with Crippen LogP contribution in [0.2, 0.25) is 0 Å². The molecule has 0 atom stereocenters. The number of piperidine rings is 2. The Morgan fingerprint density at radius 1 is 0.840 bits per heavy atom. The highest BCUT2D eigenvalue weighted by Gasteiger charge is 2.44. The molecule has 2 heterocycles. The third-order valence-electron chi connectivity index (χ3n) is 5.81. The summed E-state index contributed by atoms with van der Waals surface area (Å²) >= 11 is 0. The lowest BCUT2D eigenvalue weighted by Crippen LogP contribution is -2.59. The van der Waals surface area contributed by atoms with Gasteiger partial charge in [0.05, 0.1) is 5.54 Å². The van der Waals surface area contributed by atoms with Crippen LogP contribution < -0.4 is 4.90 Å². The molecule has 2 fully saturated rings. The topological polar surface area (TPSA) is 23.6 Å². The van der Waals surface area contributed by atoms with E-state index in [-0.39, 0.29) is 5.54 Å². The van der Waals surface area contributed by atoms with Gasteiger partial charge in [0.25, 0.3) is 0 Å². The molecule has 2 aliphatic rings. The van der Waals surface area contributed by atoms with Gasteiger partial charge in [-0.2, -0.15) is 0 Å². The molecule has 2 aliphatic heterocycles. The summed E-state index contributed by atoms with van der Waals surface area (Å²) in [6, 6.07) is 21.0. The number of amides is 1. The van der Waals surface area contributed by atoms with Crippen molar-refractivity contribution in [3.05, 3.63) is 66.2 Å². The summed E-state index contributed by atoms with van der Waals surface area (Å²) in [6.07, 6.45) is 4.99. The second kappa shape index (κ2) is 7.01. The Hall–Kier alpha value is -2.13. The van der Waals surface area contributed by atoms with E-state index in [2.05, 4.69) is 52.3 Å². The Morgan fingerprint density at radius 3 is 2.16 bits per heavy atom. The van der Waals surface area contributed by atoms with Crippen molar-refractivity contribution >= 4 is 11.6 Å². The SMILES string of the molecule is O=C1CCCC2(CCN(Cc3ccccc3)CC2)N1c1ccccc1. The molecule has 0 unspecified atom stereocenters. The predicted molar refractivity (Wildman–Crippen MR) is 101 cm³/mol. The molecule has 0 aliphatic carbocycles. The Labute approximate surface area is 150 Å². The quantitative estimate of drug-likeness (QED) is 0.838. The zero-order chi connectivity index (χ0) is 17.1. The van der Waals surface area contributed by atoms with Crippen molar-refractivity contribution in [3.8, 4) is 0 Å². The molecule has 3 nitrogen and oxygen atoms in total. The smallest absolute Gasteiger partial charge is 0.227 e. The standard InChI is InChI=1S/C22H26N2O/c25-21-12-7-13-22(24(21)20-10-5-2-6-11-20)14-16-23(17-15-22)18-19-8-3-1-4-9-19/h1-6,8-11H,7,12-18H2. The lowest BCUT2D eigenvalue weighted by atomic mass is 9.78. The summed E-state index contributed by atoms with van der Waals surface area (Å²) in [6.45, 7) is 3.13. The minimum absolute atomic E-state index is 0.0177. The van der Waals surface area contributed by atoms with Crippen LogP contribution in [0.5, 0.6) is 0 Å². The molecule has 1 amide bonds. The van der Waals surface area contributed by atoms with E-state index in [4.69, 9.17) is 0 Å². The van der Waals surface area contributed by atoms with E-state index < -0.39 is 0 Å². The van der Waals surface area contributed by atoms with Crippen LogP contribution >= 0.6 is 0 Å². The highest BCUT2D eigenvalue weighted by molar-refractivity contribution is 5.95. The van der Waals surface area contributed by atoms with Crippen LogP contribution in [0.25, 0.3) is 0 Å². The van der Waals surface area contributed by atoms with E-state index >= 15 is 0 Å². The van der Waals surface area contributed by atoms with Gasteiger partial charge in [-0.25, -0.2) is 0 Å². The van der Waals surface area contributed by atoms with Crippen LogP contribution in [0.1, 0.15) is 37.7 Å². The van der Waals surface area contributed by atoms with E-state index in [0.717, 1.165) is 51.0 Å². The van der Waals surface area contributed by atoms with Crippen LogP contribution in [0.3, 0.4) is 0 Å². The second-order valence-electron chi connectivity index (χ2n) is 7.40. The molecular weight excluding hydrogens is 308 g/mol. The number of anilines is 1. The minimum Gasteiger partial charge on any atom is -0.306 e. The first-order chi connectivity index (χ1) is 12.3. The molecule has 130 valence electrons. The van der Waals surface area contributed by atoms with Gasteiger partial charge in [0, 0.05) is 31.7 Å². The number of para-hydroxylation sites is 1. The van der Waals surface area contributed by atoms with E-state index in [1.165, 1.54) is 5.56 Å². The van der Waals surface area contributed by atoms with Crippen LogP contribution in [-0.4, -0.2) is 29.4 Å². The fraction of sp³-hybridized carbons (Fsp3) is 0.409. The summed E-state index contributed by atoms with van der Waals surface area (Å²) in [5.41, 5.74) is 2.46. The molecule has 0 bridgehead atoms. The molecule has 2 saturated heterocycles. The van der Waals surface area contributed by atoms with Gasteiger partial charge in [0.15, 0.2) is 0 Å². The van der Waals surface area contributed by atoms with Crippen molar-refractivity contribution in [2.45, 2.75) is 44.2 Å². The lowest BCUT2D eigenvalue weighted by Gasteiger charge is -2.51. The van der Waals surface area contributed by atoms with Gasteiger partial charge in [-0.1, -0.05) is 48.5 Å². The number of nitrogens with zero attached hydrogens (tertiary/aromatic N) is 2. The van der Waals surface area contributed by atoms with Crippen LogP contribution in [0.15, 0.2) is 60.7 Å². The average Bonchev–Trinajstić information content (AvgIpc) is 2.66. The van der Waals surface area contributed by atoms with Crippen molar-refractivity contribution in [3.63, 3.8) is 0 Å². The Bertz CT molecular complexity index is 705.